The van der Waals surface area contributed by atoms with Crippen LogP contribution in [-0.2, 0) is 0 Å². The average molecular weight is 773 g/mol. The molecule has 6 aromatic carbocycles. The molecular formula is C48H29BN2S4. The minimum absolute atomic E-state index is 0.106. The van der Waals surface area contributed by atoms with Crippen LogP contribution in [0.3, 0.4) is 0 Å². The van der Waals surface area contributed by atoms with E-state index < -0.39 is 0 Å². The van der Waals surface area contributed by atoms with Gasteiger partial charge in [0.05, 0.1) is 20.8 Å². The minimum Gasteiger partial charge on any atom is -0.309 e. The van der Waals surface area contributed by atoms with Crippen LogP contribution in [0.25, 0.3) is 50.8 Å². The van der Waals surface area contributed by atoms with Crippen LogP contribution in [0.1, 0.15) is 0 Å². The Morgan fingerprint density at radius 3 is 1.16 bits per heavy atom. The van der Waals surface area contributed by atoms with Gasteiger partial charge in [-0.15, -0.1) is 45.3 Å². The van der Waals surface area contributed by atoms with Gasteiger partial charge in [0.2, 0.25) is 0 Å². The zero-order valence-electron chi connectivity index (χ0n) is 29.3. The molecule has 0 aliphatic carbocycles. The molecule has 12 rings (SSSR count). The lowest BCUT2D eigenvalue weighted by molar-refractivity contribution is 1.28. The molecule has 0 spiro atoms. The highest BCUT2D eigenvalue weighted by Gasteiger charge is 2.47. The number of anilines is 6. The van der Waals surface area contributed by atoms with E-state index in [1.54, 1.807) is 0 Å². The SMILES string of the molecule is c1ccc(-c2cc3c4c(c2)N(c2ccccc2)c2c(sc5cc(-c6ccccc6)sc25)B4c2sc4cc(-c5ccccc5)sc4c2N3c2ccccc2)cc1. The fourth-order valence-corrected chi connectivity index (χ4v) is 14.1. The fourth-order valence-electron chi connectivity index (χ4n) is 8.49. The van der Waals surface area contributed by atoms with Crippen LogP contribution in [0.5, 0.6) is 0 Å². The second-order valence-corrected chi connectivity index (χ2v) is 18.3. The standard InChI is InChI=1S/C48H29BN2S4/c1-6-16-30(17-7-1)33-26-36-42-37(27-33)51(35-24-14-5-15-25-35)44-46-41(29-39(53-46)32-20-10-3-11-21-32)55-48(44)49(42)47-43(50(36)34-22-12-4-13-23-34)45-40(54-47)28-38(52-45)31-18-8-2-9-19-31/h1-29H. The topological polar surface area (TPSA) is 6.48 Å². The molecule has 2 aliphatic rings. The van der Waals surface area contributed by atoms with Crippen molar-refractivity contribution >= 4 is 120 Å². The molecule has 258 valence electrons. The van der Waals surface area contributed by atoms with Gasteiger partial charge in [-0.05, 0) is 76.2 Å². The highest BCUT2D eigenvalue weighted by atomic mass is 32.1. The lowest BCUT2D eigenvalue weighted by atomic mass is 9.39. The first kappa shape index (κ1) is 31.6. The predicted octanol–water partition coefficient (Wildman–Crippen LogP) is 13.3. The summed E-state index contributed by atoms with van der Waals surface area (Å²) in [5, 5.41) is 0. The summed E-state index contributed by atoms with van der Waals surface area (Å²) in [7, 11) is 0. The van der Waals surface area contributed by atoms with E-state index in [0.717, 1.165) is 0 Å². The smallest absolute Gasteiger partial charge is 0.277 e. The Labute approximate surface area is 335 Å². The molecule has 0 saturated heterocycles. The summed E-state index contributed by atoms with van der Waals surface area (Å²) in [6.07, 6.45) is 0. The largest absolute Gasteiger partial charge is 0.309 e. The molecular weight excluding hydrogens is 744 g/mol. The van der Waals surface area contributed by atoms with Crippen LogP contribution in [-0.4, -0.2) is 6.71 Å². The summed E-state index contributed by atoms with van der Waals surface area (Å²) in [5.74, 6) is 0. The molecule has 4 aromatic heterocycles. The van der Waals surface area contributed by atoms with Gasteiger partial charge in [0.1, 0.15) is 0 Å². The highest BCUT2D eigenvalue weighted by Crippen LogP contribution is 2.54. The van der Waals surface area contributed by atoms with E-state index in [-0.39, 0.29) is 6.71 Å². The Morgan fingerprint density at radius 1 is 0.364 bits per heavy atom. The van der Waals surface area contributed by atoms with Crippen LogP contribution in [0.4, 0.5) is 34.1 Å². The van der Waals surface area contributed by atoms with E-state index in [0.29, 0.717) is 0 Å². The molecule has 0 amide bonds. The zero-order valence-corrected chi connectivity index (χ0v) is 32.6. The number of nitrogens with zero attached hydrogens (tertiary/aromatic N) is 2. The van der Waals surface area contributed by atoms with E-state index in [1.165, 1.54) is 99.9 Å². The molecule has 0 atom stereocenters. The number of benzene rings is 6. The van der Waals surface area contributed by atoms with Gasteiger partial charge in [-0.1, -0.05) is 127 Å². The van der Waals surface area contributed by atoms with Gasteiger partial charge in [-0.25, -0.2) is 0 Å². The number of thiophene rings is 4. The molecule has 10 aromatic rings. The third-order valence-electron chi connectivity index (χ3n) is 10.9. The maximum absolute atomic E-state index is 2.58. The number of hydrogen-bond acceptors (Lipinski definition) is 6. The minimum atomic E-state index is 0.106. The Morgan fingerprint density at radius 2 is 0.745 bits per heavy atom. The van der Waals surface area contributed by atoms with Gasteiger partial charge >= 0.3 is 0 Å². The third-order valence-corrected chi connectivity index (χ3v) is 15.9. The van der Waals surface area contributed by atoms with Crippen molar-refractivity contribution in [3.63, 3.8) is 0 Å². The van der Waals surface area contributed by atoms with Crippen LogP contribution in [0, 0.1) is 0 Å². The maximum atomic E-state index is 2.58. The van der Waals surface area contributed by atoms with E-state index in [1.807, 2.05) is 45.3 Å². The van der Waals surface area contributed by atoms with E-state index in [4.69, 9.17) is 0 Å². The number of hydrogen-bond donors (Lipinski definition) is 0. The molecule has 55 heavy (non-hydrogen) atoms. The van der Waals surface area contributed by atoms with Crippen molar-refractivity contribution in [1.82, 2.24) is 0 Å². The first-order valence-electron chi connectivity index (χ1n) is 18.5. The number of rotatable bonds is 5. The predicted molar refractivity (Wildman–Crippen MR) is 243 cm³/mol. The van der Waals surface area contributed by atoms with Crippen molar-refractivity contribution in [3.05, 3.63) is 176 Å². The van der Waals surface area contributed by atoms with E-state index >= 15 is 0 Å². The lowest BCUT2D eigenvalue weighted by Crippen LogP contribution is -2.59. The molecule has 7 heteroatoms. The van der Waals surface area contributed by atoms with Gasteiger partial charge in [0.25, 0.3) is 6.71 Å². The summed E-state index contributed by atoms with van der Waals surface area (Å²) in [6, 6.07) is 64.5. The second kappa shape index (κ2) is 12.4. The van der Waals surface area contributed by atoms with Crippen LogP contribution in [0.15, 0.2) is 176 Å². The van der Waals surface area contributed by atoms with Crippen molar-refractivity contribution in [2.45, 2.75) is 0 Å². The summed E-state index contributed by atoms with van der Waals surface area (Å²) in [4.78, 5) is 7.79. The van der Waals surface area contributed by atoms with Gasteiger partial charge in [0, 0.05) is 51.5 Å². The van der Waals surface area contributed by atoms with E-state index in [9.17, 15) is 0 Å². The Kier molecular flexibility index (Phi) is 7.14. The van der Waals surface area contributed by atoms with Gasteiger partial charge in [-0.3, -0.25) is 0 Å². The molecule has 0 fully saturated rings. The summed E-state index contributed by atoms with van der Waals surface area (Å²) < 4.78 is 8.27. The van der Waals surface area contributed by atoms with Gasteiger partial charge in [-0.2, -0.15) is 0 Å². The molecule has 0 radical (unpaired) electrons. The normalized spacial score (nSPS) is 13.0. The van der Waals surface area contributed by atoms with Crippen molar-refractivity contribution < 1.29 is 0 Å². The van der Waals surface area contributed by atoms with Crippen LogP contribution in [0.2, 0.25) is 0 Å². The van der Waals surface area contributed by atoms with Crippen LogP contribution < -0.4 is 24.8 Å². The third kappa shape index (κ3) is 4.84. The molecule has 2 nitrogen and oxygen atoms in total. The van der Waals surface area contributed by atoms with Crippen molar-refractivity contribution in [2.75, 3.05) is 9.80 Å². The monoisotopic (exact) mass is 772 g/mol. The zero-order chi connectivity index (χ0) is 36.0. The molecule has 0 unspecified atom stereocenters. The van der Waals surface area contributed by atoms with Crippen molar-refractivity contribution in [2.24, 2.45) is 0 Å². The van der Waals surface area contributed by atoms with Crippen molar-refractivity contribution in [3.8, 4) is 32.0 Å². The number of para-hydroxylation sites is 2. The maximum Gasteiger partial charge on any atom is 0.277 e. The molecule has 2 aliphatic heterocycles. The summed E-state index contributed by atoms with van der Waals surface area (Å²) >= 11 is 7.83. The Balaban J connectivity index is 1.20. The first-order chi connectivity index (χ1) is 27.3. The van der Waals surface area contributed by atoms with E-state index in [2.05, 4.69) is 186 Å². The highest BCUT2D eigenvalue weighted by molar-refractivity contribution is 7.44. The van der Waals surface area contributed by atoms with Crippen LogP contribution >= 0.6 is 45.3 Å². The quantitative estimate of drug-likeness (QED) is 0.161. The summed E-state index contributed by atoms with van der Waals surface area (Å²) in [6.45, 7) is 0.106. The first-order valence-corrected chi connectivity index (χ1v) is 21.7. The average Bonchev–Trinajstić information content (AvgIpc) is 4.03. The Bertz CT molecular complexity index is 2850. The molecule has 6 heterocycles. The lowest BCUT2D eigenvalue weighted by Gasteiger charge is -2.42. The number of fused-ring (bicyclic) bond motifs is 8. The molecule has 0 bridgehead atoms. The van der Waals surface area contributed by atoms with Crippen molar-refractivity contribution in [1.29, 1.82) is 0 Å². The van der Waals surface area contributed by atoms with Gasteiger partial charge < -0.3 is 9.80 Å². The Hall–Kier alpha value is -5.70. The fraction of sp³-hybridized carbons (Fsp3) is 0. The molecule has 0 N–H and O–H groups in total. The van der Waals surface area contributed by atoms with Gasteiger partial charge in [0.15, 0.2) is 0 Å². The second-order valence-electron chi connectivity index (χ2n) is 14.0. The molecule has 0 saturated carbocycles. The summed E-state index contributed by atoms with van der Waals surface area (Å²) in [5.41, 5.74) is 13.9.